The van der Waals surface area contributed by atoms with Gasteiger partial charge in [0.15, 0.2) is 0 Å². The van der Waals surface area contributed by atoms with E-state index in [-0.39, 0.29) is 11.8 Å². The van der Waals surface area contributed by atoms with Crippen LogP contribution >= 0.6 is 0 Å². The van der Waals surface area contributed by atoms with E-state index in [0.29, 0.717) is 6.54 Å². The molecule has 1 aliphatic carbocycles. The number of carbonyl (C=O) groups is 1. The molecule has 19 heavy (non-hydrogen) atoms. The molecule has 1 saturated carbocycles. The van der Waals surface area contributed by atoms with E-state index in [2.05, 4.69) is 10.6 Å². The van der Waals surface area contributed by atoms with Gasteiger partial charge in [0, 0.05) is 32.1 Å². The molecule has 0 saturated heterocycles. The summed E-state index contributed by atoms with van der Waals surface area (Å²) in [6, 6.07) is 0. The van der Waals surface area contributed by atoms with Crippen molar-refractivity contribution in [3.05, 3.63) is 0 Å². The van der Waals surface area contributed by atoms with Crippen molar-refractivity contribution in [3.63, 3.8) is 0 Å². The average Bonchev–Trinajstić information content (AvgIpc) is 2.44. The van der Waals surface area contributed by atoms with Gasteiger partial charge < -0.3 is 16.4 Å². The highest BCUT2D eigenvalue weighted by molar-refractivity contribution is 5.78. The molecule has 0 spiro atoms. The average molecular weight is 269 g/mol. The smallest absolute Gasteiger partial charge is 0.223 e. The van der Waals surface area contributed by atoms with Gasteiger partial charge in [-0.25, -0.2) is 0 Å². The van der Waals surface area contributed by atoms with Crippen LogP contribution in [0.2, 0.25) is 0 Å². The highest BCUT2D eigenvalue weighted by atomic mass is 16.1. The molecule has 0 heterocycles. The highest BCUT2D eigenvalue weighted by Gasteiger charge is 2.17. The van der Waals surface area contributed by atoms with Crippen molar-refractivity contribution in [2.45, 2.75) is 57.8 Å². The zero-order valence-corrected chi connectivity index (χ0v) is 12.3. The third-order valence-corrected chi connectivity index (χ3v) is 3.90. The van der Waals surface area contributed by atoms with Gasteiger partial charge in [0.25, 0.3) is 0 Å². The Morgan fingerprint density at radius 2 is 1.47 bits per heavy atom. The largest absolute Gasteiger partial charge is 0.355 e. The van der Waals surface area contributed by atoms with Crippen molar-refractivity contribution in [2.75, 3.05) is 26.2 Å². The number of hydrogen-bond donors (Lipinski definition) is 3. The predicted octanol–water partition coefficient (Wildman–Crippen LogP) is 1.79. The van der Waals surface area contributed by atoms with E-state index in [4.69, 9.17) is 5.73 Å². The highest BCUT2D eigenvalue weighted by Crippen LogP contribution is 2.21. The molecule has 1 aliphatic rings. The summed E-state index contributed by atoms with van der Waals surface area (Å²) in [5, 5.41) is 6.25. The second kappa shape index (κ2) is 11.2. The van der Waals surface area contributed by atoms with E-state index >= 15 is 0 Å². The third kappa shape index (κ3) is 8.22. The number of hydrogen-bond acceptors (Lipinski definition) is 3. The fraction of sp³-hybridized carbons (Fsp3) is 0.933. The molecule has 112 valence electrons. The lowest BCUT2D eigenvalue weighted by Crippen LogP contribution is -2.37. The fourth-order valence-corrected chi connectivity index (χ4v) is 2.72. The Labute approximate surface area is 117 Å². The van der Waals surface area contributed by atoms with Crippen LogP contribution in [0.3, 0.4) is 0 Å². The molecule has 0 aromatic heterocycles. The van der Waals surface area contributed by atoms with Gasteiger partial charge in [-0.1, -0.05) is 44.9 Å². The van der Waals surface area contributed by atoms with Crippen LogP contribution in [0.4, 0.5) is 0 Å². The number of amides is 1. The molecule has 0 bridgehead atoms. The minimum atomic E-state index is 0.243. The number of nitrogens with two attached hydrogens (primary N) is 1. The standard InChI is InChI=1S/C15H31N3O/c16-10-11-17-12-13-18-15(19)14-8-6-4-2-1-3-5-7-9-14/h14,17H,1-13,16H2,(H,18,19). The van der Waals surface area contributed by atoms with Gasteiger partial charge in [-0.3, -0.25) is 4.79 Å². The molecule has 0 aromatic carbocycles. The summed E-state index contributed by atoms with van der Waals surface area (Å²) in [5.41, 5.74) is 5.40. The Bertz CT molecular complexity index is 223. The Kier molecular flexibility index (Phi) is 9.72. The van der Waals surface area contributed by atoms with Gasteiger partial charge in [0.1, 0.15) is 0 Å². The summed E-state index contributed by atoms with van der Waals surface area (Å²) >= 11 is 0. The monoisotopic (exact) mass is 269 g/mol. The van der Waals surface area contributed by atoms with E-state index < -0.39 is 0 Å². The fourth-order valence-electron chi connectivity index (χ4n) is 2.72. The van der Waals surface area contributed by atoms with Crippen LogP contribution in [0.5, 0.6) is 0 Å². The zero-order chi connectivity index (χ0) is 13.8. The van der Waals surface area contributed by atoms with Crippen LogP contribution in [-0.2, 0) is 4.79 Å². The minimum absolute atomic E-state index is 0.243. The summed E-state index contributed by atoms with van der Waals surface area (Å²) < 4.78 is 0. The molecule has 0 radical (unpaired) electrons. The van der Waals surface area contributed by atoms with E-state index in [0.717, 1.165) is 32.5 Å². The Morgan fingerprint density at radius 3 is 2.05 bits per heavy atom. The Morgan fingerprint density at radius 1 is 0.895 bits per heavy atom. The number of rotatable bonds is 6. The van der Waals surface area contributed by atoms with E-state index in [9.17, 15) is 4.79 Å². The van der Waals surface area contributed by atoms with Crippen molar-refractivity contribution in [1.29, 1.82) is 0 Å². The topological polar surface area (TPSA) is 67.2 Å². The molecule has 0 unspecified atom stereocenters. The lowest BCUT2D eigenvalue weighted by atomic mass is 9.91. The first-order valence-electron chi connectivity index (χ1n) is 8.03. The maximum Gasteiger partial charge on any atom is 0.223 e. The molecule has 0 atom stereocenters. The van der Waals surface area contributed by atoms with Crippen molar-refractivity contribution >= 4 is 5.91 Å². The van der Waals surface area contributed by atoms with Gasteiger partial charge in [-0.15, -0.1) is 0 Å². The van der Waals surface area contributed by atoms with Crippen LogP contribution < -0.4 is 16.4 Å². The quantitative estimate of drug-likeness (QED) is 0.644. The van der Waals surface area contributed by atoms with E-state index in [1.165, 1.54) is 44.9 Å². The normalized spacial score (nSPS) is 19.0. The van der Waals surface area contributed by atoms with E-state index in [1.54, 1.807) is 0 Å². The molecule has 0 aliphatic heterocycles. The molecule has 4 nitrogen and oxygen atoms in total. The molecular formula is C15H31N3O. The van der Waals surface area contributed by atoms with E-state index in [1.807, 2.05) is 0 Å². The van der Waals surface area contributed by atoms with Crippen molar-refractivity contribution in [1.82, 2.24) is 10.6 Å². The van der Waals surface area contributed by atoms with Crippen LogP contribution in [0.15, 0.2) is 0 Å². The Balaban J connectivity index is 2.19. The van der Waals surface area contributed by atoms with Crippen LogP contribution in [0, 0.1) is 5.92 Å². The van der Waals surface area contributed by atoms with Crippen molar-refractivity contribution < 1.29 is 4.79 Å². The van der Waals surface area contributed by atoms with Crippen LogP contribution in [-0.4, -0.2) is 32.1 Å². The van der Waals surface area contributed by atoms with Gasteiger partial charge in [-0.05, 0) is 12.8 Å². The lowest BCUT2D eigenvalue weighted by Gasteiger charge is -2.18. The molecular weight excluding hydrogens is 238 g/mol. The first-order valence-corrected chi connectivity index (χ1v) is 8.03. The number of nitrogens with one attached hydrogen (secondary N) is 2. The van der Waals surface area contributed by atoms with Crippen molar-refractivity contribution in [3.8, 4) is 0 Å². The zero-order valence-electron chi connectivity index (χ0n) is 12.3. The number of carbonyl (C=O) groups excluding carboxylic acids is 1. The molecule has 1 rings (SSSR count). The lowest BCUT2D eigenvalue weighted by molar-refractivity contribution is -0.125. The summed E-state index contributed by atoms with van der Waals surface area (Å²) in [5.74, 6) is 0.503. The molecule has 0 aromatic rings. The minimum Gasteiger partial charge on any atom is -0.355 e. The molecule has 4 N–H and O–H groups in total. The van der Waals surface area contributed by atoms with Crippen LogP contribution in [0.25, 0.3) is 0 Å². The second-order valence-corrected chi connectivity index (χ2v) is 5.58. The second-order valence-electron chi connectivity index (χ2n) is 5.58. The predicted molar refractivity (Wildman–Crippen MR) is 80.0 cm³/mol. The first kappa shape index (κ1) is 16.4. The van der Waals surface area contributed by atoms with Gasteiger partial charge in [0.05, 0.1) is 0 Å². The SMILES string of the molecule is NCCNCCNC(=O)C1CCCCCCCCC1. The van der Waals surface area contributed by atoms with Gasteiger partial charge >= 0.3 is 0 Å². The summed E-state index contributed by atoms with van der Waals surface area (Å²) in [6.07, 6.45) is 11.2. The molecule has 4 heteroatoms. The summed E-state index contributed by atoms with van der Waals surface area (Å²) in [7, 11) is 0. The van der Waals surface area contributed by atoms with Gasteiger partial charge in [0.2, 0.25) is 5.91 Å². The third-order valence-electron chi connectivity index (χ3n) is 3.90. The van der Waals surface area contributed by atoms with Crippen molar-refractivity contribution in [2.24, 2.45) is 11.7 Å². The molecule has 1 amide bonds. The molecule has 1 fully saturated rings. The summed E-state index contributed by atoms with van der Waals surface area (Å²) in [4.78, 5) is 12.1. The van der Waals surface area contributed by atoms with Gasteiger partial charge in [-0.2, -0.15) is 0 Å². The maximum atomic E-state index is 12.1. The first-order chi connectivity index (χ1) is 9.34. The summed E-state index contributed by atoms with van der Waals surface area (Å²) in [6.45, 7) is 3.00. The maximum absolute atomic E-state index is 12.1. The Hall–Kier alpha value is -0.610. The van der Waals surface area contributed by atoms with Crippen LogP contribution in [0.1, 0.15) is 57.8 Å².